The van der Waals surface area contributed by atoms with Gasteiger partial charge in [-0.3, -0.25) is 0 Å². The molecule has 1 aliphatic heterocycles. The van der Waals surface area contributed by atoms with E-state index in [1.807, 2.05) is 0 Å². The van der Waals surface area contributed by atoms with Crippen LogP contribution in [-0.2, 0) is 9.47 Å². The lowest BCUT2D eigenvalue weighted by Gasteiger charge is -2.42. The van der Waals surface area contributed by atoms with Crippen LogP contribution < -0.4 is 0 Å². The van der Waals surface area contributed by atoms with Gasteiger partial charge in [-0.2, -0.15) is 0 Å². The summed E-state index contributed by atoms with van der Waals surface area (Å²) in [7, 11) is 0. The van der Waals surface area contributed by atoms with Crippen molar-refractivity contribution in [3.05, 3.63) is 12.2 Å². The van der Waals surface area contributed by atoms with Crippen molar-refractivity contribution < 1.29 is 9.47 Å². The van der Waals surface area contributed by atoms with Crippen molar-refractivity contribution in [1.82, 2.24) is 0 Å². The molecular formula is C16H28O2. The first-order chi connectivity index (χ1) is 8.79. The van der Waals surface area contributed by atoms with Crippen LogP contribution in [0.2, 0.25) is 0 Å². The maximum atomic E-state index is 6.07. The molecule has 0 aromatic heterocycles. The van der Waals surface area contributed by atoms with Crippen LogP contribution in [-0.4, -0.2) is 19.5 Å². The SMILES string of the molecule is CCCCC1(CC)COC(C2CC=CCC2)OC1. The van der Waals surface area contributed by atoms with Crippen LogP contribution >= 0.6 is 0 Å². The third-order valence-corrected chi connectivity index (χ3v) is 4.61. The Morgan fingerprint density at radius 1 is 1.17 bits per heavy atom. The second-order valence-electron chi connectivity index (χ2n) is 5.99. The minimum atomic E-state index is 0.0521. The zero-order valence-electron chi connectivity index (χ0n) is 12.0. The maximum Gasteiger partial charge on any atom is 0.160 e. The number of hydrogen-bond acceptors (Lipinski definition) is 2. The summed E-state index contributed by atoms with van der Waals surface area (Å²) in [6.07, 6.45) is 13.1. The molecule has 0 aromatic carbocycles. The van der Waals surface area contributed by atoms with E-state index in [2.05, 4.69) is 26.0 Å². The minimum absolute atomic E-state index is 0.0521. The van der Waals surface area contributed by atoms with Gasteiger partial charge in [-0.1, -0.05) is 38.8 Å². The fourth-order valence-electron chi connectivity index (χ4n) is 3.02. The molecule has 2 rings (SSSR count). The van der Waals surface area contributed by atoms with Crippen LogP contribution in [0.1, 0.15) is 58.8 Å². The van der Waals surface area contributed by atoms with Crippen molar-refractivity contribution in [2.75, 3.05) is 13.2 Å². The molecule has 1 unspecified atom stereocenters. The van der Waals surface area contributed by atoms with Crippen molar-refractivity contribution in [2.45, 2.75) is 65.1 Å². The van der Waals surface area contributed by atoms with Crippen LogP contribution in [0.15, 0.2) is 12.2 Å². The monoisotopic (exact) mass is 252 g/mol. The second kappa shape index (κ2) is 6.72. The Morgan fingerprint density at radius 3 is 2.50 bits per heavy atom. The van der Waals surface area contributed by atoms with E-state index in [-0.39, 0.29) is 11.7 Å². The Labute approximate surface area is 112 Å². The van der Waals surface area contributed by atoms with Crippen LogP contribution in [0.3, 0.4) is 0 Å². The average Bonchev–Trinajstić information content (AvgIpc) is 2.47. The summed E-state index contributed by atoms with van der Waals surface area (Å²) in [6, 6.07) is 0. The van der Waals surface area contributed by atoms with E-state index < -0.39 is 0 Å². The molecule has 2 aliphatic rings. The zero-order chi connectivity index (χ0) is 12.8. The number of hydrogen-bond donors (Lipinski definition) is 0. The summed E-state index contributed by atoms with van der Waals surface area (Å²) < 4.78 is 12.1. The molecule has 0 aromatic rings. The molecule has 18 heavy (non-hydrogen) atoms. The molecule has 2 nitrogen and oxygen atoms in total. The number of unbranched alkanes of at least 4 members (excludes halogenated alkanes) is 1. The summed E-state index contributed by atoms with van der Waals surface area (Å²) in [6.45, 7) is 6.32. The molecule has 0 N–H and O–H groups in total. The fourth-order valence-corrected chi connectivity index (χ4v) is 3.02. The first-order valence-electron chi connectivity index (χ1n) is 7.68. The van der Waals surface area contributed by atoms with E-state index in [4.69, 9.17) is 9.47 Å². The Balaban J connectivity index is 1.83. The van der Waals surface area contributed by atoms with E-state index in [1.165, 1.54) is 38.5 Å². The molecule has 1 heterocycles. The molecule has 0 amide bonds. The van der Waals surface area contributed by atoms with Gasteiger partial charge in [0.05, 0.1) is 13.2 Å². The summed E-state index contributed by atoms with van der Waals surface area (Å²) in [4.78, 5) is 0. The van der Waals surface area contributed by atoms with Crippen molar-refractivity contribution in [3.8, 4) is 0 Å². The summed E-state index contributed by atoms with van der Waals surface area (Å²) in [5, 5.41) is 0. The van der Waals surface area contributed by atoms with Crippen molar-refractivity contribution >= 4 is 0 Å². The van der Waals surface area contributed by atoms with Gasteiger partial charge in [0.2, 0.25) is 0 Å². The van der Waals surface area contributed by atoms with Gasteiger partial charge in [0.1, 0.15) is 0 Å². The molecule has 1 atom stereocenters. The fraction of sp³-hybridized carbons (Fsp3) is 0.875. The highest BCUT2D eigenvalue weighted by Gasteiger charge is 2.37. The van der Waals surface area contributed by atoms with Crippen molar-refractivity contribution in [2.24, 2.45) is 11.3 Å². The molecule has 0 saturated carbocycles. The van der Waals surface area contributed by atoms with Crippen LogP contribution in [0.4, 0.5) is 0 Å². The zero-order valence-corrected chi connectivity index (χ0v) is 12.0. The second-order valence-corrected chi connectivity index (χ2v) is 5.99. The lowest BCUT2D eigenvalue weighted by Crippen LogP contribution is -2.44. The predicted octanol–water partition coefficient (Wildman–Crippen LogP) is 4.30. The lowest BCUT2D eigenvalue weighted by molar-refractivity contribution is -0.253. The molecule has 1 fully saturated rings. The molecule has 0 bridgehead atoms. The molecule has 1 aliphatic carbocycles. The Kier molecular flexibility index (Phi) is 5.25. The van der Waals surface area contributed by atoms with E-state index in [0.717, 1.165) is 19.6 Å². The molecule has 2 heteroatoms. The number of rotatable bonds is 5. The van der Waals surface area contributed by atoms with Gasteiger partial charge >= 0.3 is 0 Å². The van der Waals surface area contributed by atoms with E-state index in [9.17, 15) is 0 Å². The lowest BCUT2D eigenvalue weighted by atomic mass is 9.81. The molecule has 0 radical (unpaired) electrons. The average molecular weight is 252 g/mol. The summed E-state index contributed by atoms with van der Waals surface area (Å²) in [5.41, 5.74) is 0.289. The number of allylic oxidation sites excluding steroid dienone is 2. The Hall–Kier alpha value is -0.340. The first-order valence-corrected chi connectivity index (χ1v) is 7.68. The largest absolute Gasteiger partial charge is 0.352 e. The van der Waals surface area contributed by atoms with Crippen LogP contribution in [0, 0.1) is 11.3 Å². The topological polar surface area (TPSA) is 18.5 Å². The van der Waals surface area contributed by atoms with E-state index >= 15 is 0 Å². The van der Waals surface area contributed by atoms with E-state index in [1.54, 1.807) is 0 Å². The predicted molar refractivity (Wildman–Crippen MR) is 74.4 cm³/mol. The van der Waals surface area contributed by atoms with Gasteiger partial charge < -0.3 is 9.47 Å². The third kappa shape index (κ3) is 3.36. The molecular weight excluding hydrogens is 224 g/mol. The van der Waals surface area contributed by atoms with Gasteiger partial charge in [0.15, 0.2) is 6.29 Å². The quantitative estimate of drug-likeness (QED) is 0.679. The third-order valence-electron chi connectivity index (χ3n) is 4.61. The first kappa shape index (κ1) is 14.1. The highest BCUT2D eigenvalue weighted by molar-refractivity contribution is 4.92. The van der Waals surface area contributed by atoms with Gasteiger partial charge in [0, 0.05) is 11.3 Å². The molecule has 1 saturated heterocycles. The van der Waals surface area contributed by atoms with Crippen LogP contribution in [0.5, 0.6) is 0 Å². The molecule has 0 spiro atoms. The van der Waals surface area contributed by atoms with Gasteiger partial charge in [-0.05, 0) is 32.1 Å². The number of ether oxygens (including phenoxy) is 2. The normalized spacial score (nSPS) is 36.8. The molecule has 104 valence electrons. The van der Waals surface area contributed by atoms with Gasteiger partial charge in [0.25, 0.3) is 0 Å². The van der Waals surface area contributed by atoms with Gasteiger partial charge in [-0.15, -0.1) is 0 Å². The van der Waals surface area contributed by atoms with E-state index in [0.29, 0.717) is 5.92 Å². The Bertz CT molecular complexity index is 264. The smallest absolute Gasteiger partial charge is 0.160 e. The van der Waals surface area contributed by atoms with Crippen molar-refractivity contribution in [3.63, 3.8) is 0 Å². The van der Waals surface area contributed by atoms with Gasteiger partial charge in [-0.25, -0.2) is 0 Å². The summed E-state index contributed by atoms with van der Waals surface area (Å²) >= 11 is 0. The minimum Gasteiger partial charge on any atom is -0.352 e. The standard InChI is InChI=1S/C16H28O2/c1-3-5-11-16(4-2)12-17-15(18-13-16)14-9-7-6-8-10-14/h6-7,14-15H,3-5,8-13H2,1-2H3. The van der Waals surface area contributed by atoms with Crippen LogP contribution in [0.25, 0.3) is 0 Å². The van der Waals surface area contributed by atoms with Crippen molar-refractivity contribution in [1.29, 1.82) is 0 Å². The highest BCUT2D eigenvalue weighted by atomic mass is 16.7. The summed E-state index contributed by atoms with van der Waals surface area (Å²) in [5.74, 6) is 0.580. The Morgan fingerprint density at radius 2 is 1.94 bits per heavy atom. The highest BCUT2D eigenvalue weighted by Crippen LogP contribution is 2.37. The maximum absolute atomic E-state index is 6.07.